The first-order chi connectivity index (χ1) is 7.31. The smallest absolute Gasteiger partial charge is 0.0994 e. The molecule has 0 aliphatic carbocycles. The van der Waals surface area contributed by atoms with Crippen LogP contribution in [0.25, 0.3) is 11.1 Å². The summed E-state index contributed by atoms with van der Waals surface area (Å²) in [4.78, 5) is 3.92. The van der Waals surface area contributed by atoms with Gasteiger partial charge in [-0.05, 0) is 35.7 Å². The first-order valence-electron chi connectivity index (χ1n) is 4.64. The van der Waals surface area contributed by atoms with E-state index in [-0.39, 0.29) is 0 Å². The van der Waals surface area contributed by atoms with Crippen molar-refractivity contribution in [3.05, 3.63) is 53.9 Å². The fourth-order valence-corrected chi connectivity index (χ4v) is 1.45. The van der Waals surface area contributed by atoms with E-state index in [9.17, 15) is 0 Å². The lowest BCUT2D eigenvalue weighted by Gasteiger charge is -2.03. The van der Waals surface area contributed by atoms with Crippen molar-refractivity contribution >= 4 is 0 Å². The monoisotopic (exact) mass is 193 g/mol. The molecule has 0 aliphatic rings. The third-order valence-corrected chi connectivity index (χ3v) is 2.28. The largest absolute Gasteiger partial charge is 0.264 e. The Morgan fingerprint density at radius 1 is 1.33 bits per heavy atom. The molecule has 71 valence electrons. The minimum atomic E-state index is 0.716. The fraction of sp³-hybridized carbons (Fsp3) is 0.0769. The highest BCUT2D eigenvalue weighted by Gasteiger charge is 2.01. The molecule has 0 saturated heterocycles. The van der Waals surface area contributed by atoms with Crippen LogP contribution in [0.3, 0.4) is 0 Å². The summed E-state index contributed by atoms with van der Waals surface area (Å²) in [6, 6.07) is 12.9. The van der Waals surface area contributed by atoms with Crippen LogP contribution in [0.4, 0.5) is 0 Å². The second-order valence-electron chi connectivity index (χ2n) is 3.29. The molecular formula is C13H9N2. The van der Waals surface area contributed by atoms with Gasteiger partial charge in [-0.1, -0.05) is 12.1 Å². The molecule has 2 rings (SSSR count). The molecule has 0 atom stereocenters. The van der Waals surface area contributed by atoms with Gasteiger partial charge in [0.15, 0.2) is 0 Å². The summed E-state index contributed by atoms with van der Waals surface area (Å²) in [6.07, 6.45) is 3.38. The molecule has 0 saturated carbocycles. The predicted octanol–water partition coefficient (Wildman–Crippen LogP) is 2.73. The van der Waals surface area contributed by atoms with Crippen LogP contribution in [0.1, 0.15) is 11.1 Å². The van der Waals surface area contributed by atoms with Gasteiger partial charge in [0.2, 0.25) is 0 Å². The number of hydrogen-bond donors (Lipinski definition) is 0. The van der Waals surface area contributed by atoms with E-state index in [2.05, 4.69) is 17.1 Å². The molecule has 15 heavy (non-hydrogen) atoms. The van der Waals surface area contributed by atoms with E-state index in [1.807, 2.05) is 31.2 Å². The number of pyridine rings is 1. The summed E-state index contributed by atoms with van der Waals surface area (Å²) in [5, 5.41) is 8.81. The van der Waals surface area contributed by atoms with Crippen LogP contribution in [0.5, 0.6) is 0 Å². The summed E-state index contributed by atoms with van der Waals surface area (Å²) in [5.41, 5.74) is 3.76. The van der Waals surface area contributed by atoms with Crippen LogP contribution in [0.15, 0.2) is 36.7 Å². The van der Waals surface area contributed by atoms with Crippen LogP contribution < -0.4 is 0 Å². The zero-order valence-corrected chi connectivity index (χ0v) is 8.36. The Bertz CT molecular complexity index is 510. The van der Waals surface area contributed by atoms with Crippen molar-refractivity contribution in [2.24, 2.45) is 0 Å². The molecule has 0 amide bonds. The highest BCUT2D eigenvalue weighted by Crippen LogP contribution is 2.20. The number of nitriles is 1. The Balaban J connectivity index is 2.49. The quantitative estimate of drug-likeness (QED) is 0.698. The fourth-order valence-electron chi connectivity index (χ4n) is 1.45. The van der Waals surface area contributed by atoms with Gasteiger partial charge >= 0.3 is 0 Å². The lowest BCUT2D eigenvalue weighted by Crippen LogP contribution is -1.84. The lowest BCUT2D eigenvalue weighted by atomic mass is 10.0. The van der Waals surface area contributed by atoms with Crippen LogP contribution in [-0.4, -0.2) is 4.98 Å². The highest BCUT2D eigenvalue weighted by molar-refractivity contribution is 5.64. The normalized spacial score (nSPS) is 9.60. The number of benzene rings is 1. The average Bonchev–Trinajstić information content (AvgIpc) is 2.30. The van der Waals surface area contributed by atoms with Gasteiger partial charge in [-0.2, -0.15) is 5.26 Å². The van der Waals surface area contributed by atoms with Crippen LogP contribution in [0.2, 0.25) is 0 Å². The van der Waals surface area contributed by atoms with Crippen LogP contribution in [-0.2, 0) is 0 Å². The minimum Gasteiger partial charge on any atom is -0.264 e. The number of aryl methyl sites for hydroxylation is 1. The summed E-state index contributed by atoms with van der Waals surface area (Å²) in [7, 11) is 0. The molecule has 2 nitrogen and oxygen atoms in total. The second kappa shape index (κ2) is 3.93. The number of hydrogen-bond acceptors (Lipinski definition) is 2. The molecule has 0 spiro atoms. The Kier molecular flexibility index (Phi) is 2.47. The zero-order chi connectivity index (χ0) is 10.7. The van der Waals surface area contributed by atoms with Crippen molar-refractivity contribution in [2.75, 3.05) is 0 Å². The number of rotatable bonds is 1. The van der Waals surface area contributed by atoms with Gasteiger partial charge in [-0.25, -0.2) is 0 Å². The Hall–Kier alpha value is -2.14. The third-order valence-electron chi connectivity index (χ3n) is 2.28. The highest BCUT2D eigenvalue weighted by atomic mass is 14.6. The molecule has 0 fully saturated rings. The van der Waals surface area contributed by atoms with Gasteiger partial charge < -0.3 is 0 Å². The molecular weight excluding hydrogens is 184 g/mol. The number of nitrogens with zero attached hydrogens (tertiary/aromatic N) is 2. The Labute approximate surface area is 88.8 Å². The van der Waals surface area contributed by atoms with E-state index in [0.717, 1.165) is 16.7 Å². The number of aromatic nitrogens is 1. The SMILES string of the molecule is Cc1cc(-c2[c]cncc2)ccc1C#N. The summed E-state index contributed by atoms with van der Waals surface area (Å²) in [6.45, 7) is 1.93. The first kappa shape index (κ1) is 9.42. The molecule has 1 aromatic carbocycles. The van der Waals surface area contributed by atoms with Crippen molar-refractivity contribution in [1.82, 2.24) is 4.98 Å². The van der Waals surface area contributed by atoms with Crippen LogP contribution in [0, 0.1) is 24.3 Å². The molecule has 0 aliphatic heterocycles. The summed E-state index contributed by atoms with van der Waals surface area (Å²) in [5.74, 6) is 0. The molecule has 1 heterocycles. The molecule has 0 unspecified atom stereocenters. The predicted molar refractivity (Wildman–Crippen MR) is 58.0 cm³/mol. The molecule has 0 bridgehead atoms. The average molecular weight is 193 g/mol. The zero-order valence-electron chi connectivity index (χ0n) is 8.36. The van der Waals surface area contributed by atoms with E-state index in [1.165, 1.54) is 0 Å². The molecule has 1 aromatic heterocycles. The van der Waals surface area contributed by atoms with Gasteiger partial charge in [0.25, 0.3) is 0 Å². The van der Waals surface area contributed by atoms with Crippen LogP contribution >= 0.6 is 0 Å². The first-order valence-corrected chi connectivity index (χ1v) is 4.64. The maximum atomic E-state index is 8.81. The molecule has 1 radical (unpaired) electrons. The second-order valence-corrected chi connectivity index (χ2v) is 3.29. The van der Waals surface area contributed by atoms with Crippen molar-refractivity contribution in [3.8, 4) is 17.2 Å². The van der Waals surface area contributed by atoms with Gasteiger partial charge in [0.1, 0.15) is 0 Å². The Morgan fingerprint density at radius 3 is 2.80 bits per heavy atom. The maximum Gasteiger partial charge on any atom is 0.0994 e. The molecule has 2 heteroatoms. The summed E-state index contributed by atoms with van der Waals surface area (Å²) >= 11 is 0. The van der Waals surface area contributed by atoms with E-state index >= 15 is 0 Å². The van der Waals surface area contributed by atoms with E-state index in [0.29, 0.717) is 5.56 Å². The molecule has 2 aromatic rings. The maximum absolute atomic E-state index is 8.81. The van der Waals surface area contributed by atoms with Crippen molar-refractivity contribution in [3.63, 3.8) is 0 Å². The topological polar surface area (TPSA) is 36.7 Å². The van der Waals surface area contributed by atoms with Gasteiger partial charge in [-0.3, -0.25) is 4.98 Å². The van der Waals surface area contributed by atoms with E-state index in [4.69, 9.17) is 5.26 Å². The van der Waals surface area contributed by atoms with Gasteiger partial charge in [0.05, 0.1) is 11.6 Å². The standard InChI is InChI=1S/C13H9N2/c1-10-8-12(2-3-13(10)9-14)11-4-6-15-7-5-11/h2-4,6-8H,1H3. The van der Waals surface area contributed by atoms with Crippen molar-refractivity contribution in [2.45, 2.75) is 6.92 Å². The van der Waals surface area contributed by atoms with Crippen molar-refractivity contribution in [1.29, 1.82) is 5.26 Å². The lowest BCUT2D eigenvalue weighted by molar-refractivity contribution is 1.32. The van der Waals surface area contributed by atoms with E-state index < -0.39 is 0 Å². The Morgan fingerprint density at radius 2 is 2.20 bits per heavy atom. The third kappa shape index (κ3) is 1.87. The summed E-state index contributed by atoms with van der Waals surface area (Å²) < 4.78 is 0. The minimum absolute atomic E-state index is 0.716. The molecule has 0 N–H and O–H groups in total. The van der Waals surface area contributed by atoms with E-state index in [1.54, 1.807) is 12.4 Å². The van der Waals surface area contributed by atoms with Gasteiger partial charge in [0, 0.05) is 18.5 Å². The van der Waals surface area contributed by atoms with Gasteiger partial charge in [-0.15, -0.1) is 0 Å². The van der Waals surface area contributed by atoms with Crippen molar-refractivity contribution < 1.29 is 0 Å².